The number of carbonyl (C=O) groups excluding carboxylic acids is 1. The highest BCUT2D eigenvalue weighted by molar-refractivity contribution is 6.24. The van der Waals surface area contributed by atoms with E-state index in [1.807, 2.05) is 0 Å². The molecule has 1 atom stereocenters. The number of amides is 1. The summed E-state index contributed by atoms with van der Waals surface area (Å²) in [7, 11) is 0. The summed E-state index contributed by atoms with van der Waals surface area (Å²) in [5, 5.41) is -3.71. The van der Waals surface area contributed by atoms with Crippen LogP contribution in [0.3, 0.4) is 0 Å². The molecule has 0 bridgehead atoms. The molecule has 0 aliphatic heterocycles. The van der Waals surface area contributed by atoms with Crippen LogP contribution in [0.25, 0.3) is 0 Å². The SMILES string of the molecule is CCC(C(N)=O)(c1ccccc1)C(F)(F)Cl. The highest BCUT2D eigenvalue weighted by atomic mass is 35.5. The molecule has 0 heterocycles. The zero-order valence-electron chi connectivity index (χ0n) is 8.71. The summed E-state index contributed by atoms with van der Waals surface area (Å²) in [5.74, 6) is -1.12. The lowest BCUT2D eigenvalue weighted by Gasteiger charge is -2.33. The number of nitrogens with two attached hydrogens (primary N) is 1. The molecule has 1 aromatic carbocycles. The minimum absolute atomic E-state index is 0.130. The van der Waals surface area contributed by atoms with Gasteiger partial charge in [0.15, 0.2) is 5.41 Å². The van der Waals surface area contributed by atoms with E-state index >= 15 is 0 Å². The maximum absolute atomic E-state index is 13.4. The van der Waals surface area contributed by atoms with Crippen LogP contribution in [0.1, 0.15) is 18.9 Å². The van der Waals surface area contributed by atoms with E-state index in [1.165, 1.54) is 19.1 Å². The minimum atomic E-state index is -3.71. The Hall–Kier alpha value is -1.16. The van der Waals surface area contributed by atoms with Crippen LogP contribution >= 0.6 is 11.6 Å². The molecule has 1 rings (SSSR count). The number of benzene rings is 1. The first kappa shape index (κ1) is 12.9. The third-order valence-electron chi connectivity index (χ3n) is 2.70. The van der Waals surface area contributed by atoms with Gasteiger partial charge >= 0.3 is 5.38 Å². The molecular formula is C11H12ClF2NO. The van der Waals surface area contributed by atoms with Crippen LogP contribution in [0.4, 0.5) is 8.78 Å². The van der Waals surface area contributed by atoms with E-state index in [0.29, 0.717) is 0 Å². The van der Waals surface area contributed by atoms with Crippen LogP contribution in [0.5, 0.6) is 0 Å². The molecule has 1 amide bonds. The van der Waals surface area contributed by atoms with Gasteiger partial charge in [0.25, 0.3) is 0 Å². The highest BCUT2D eigenvalue weighted by Gasteiger charge is 2.57. The number of carbonyl (C=O) groups is 1. The van der Waals surface area contributed by atoms with Crippen molar-refractivity contribution in [3.63, 3.8) is 0 Å². The van der Waals surface area contributed by atoms with Gasteiger partial charge in [0.2, 0.25) is 5.91 Å². The van der Waals surface area contributed by atoms with E-state index in [0.717, 1.165) is 0 Å². The van der Waals surface area contributed by atoms with Crippen molar-refractivity contribution in [3.05, 3.63) is 35.9 Å². The molecule has 0 aliphatic carbocycles. The Morgan fingerprint density at radius 1 is 1.38 bits per heavy atom. The number of halogens is 3. The van der Waals surface area contributed by atoms with Gasteiger partial charge in [-0.05, 0) is 23.6 Å². The van der Waals surface area contributed by atoms with Gasteiger partial charge < -0.3 is 5.73 Å². The molecule has 2 N–H and O–H groups in total. The molecule has 16 heavy (non-hydrogen) atoms. The van der Waals surface area contributed by atoms with Gasteiger partial charge in [-0.1, -0.05) is 37.3 Å². The van der Waals surface area contributed by atoms with Crippen LogP contribution in [-0.4, -0.2) is 11.3 Å². The van der Waals surface area contributed by atoms with Crippen molar-refractivity contribution in [3.8, 4) is 0 Å². The topological polar surface area (TPSA) is 43.1 Å². The molecule has 0 radical (unpaired) electrons. The molecular weight excluding hydrogens is 236 g/mol. The van der Waals surface area contributed by atoms with Gasteiger partial charge in [0.05, 0.1) is 0 Å². The second-order valence-electron chi connectivity index (χ2n) is 3.49. The van der Waals surface area contributed by atoms with E-state index < -0.39 is 16.7 Å². The van der Waals surface area contributed by atoms with Gasteiger partial charge in [-0.2, -0.15) is 8.78 Å². The Bertz CT molecular complexity index is 377. The van der Waals surface area contributed by atoms with Crippen LogP contribution in [-0.2, 0) is 10.2 Å². The Labute approximate surface area is 97.4 Å². The minimum Gasteiger partial charge on any atom is -0.369 e. The first-order valence-electron chi connectivity index (χ1n) is 4.78. The number of alkyl halides is 3. The van der Waals surface area contributed by atoms with Crippen LogP contribution < -0.4 is 5.73 Å². The molecule has 2 nitrogen and oxygen atoms in total. The number of hydrogen-bond donors (Lipinski definition) is 1. The first-order valence-corrected chi connectivity index (χ1v) is 5.16. The van der Waals surface area contributed by atoms with E-state index in [2.05, 4.69) is 0 Å². The molecule has 0 aromatic heterocycles. The lowest BCUT2D eigenvalue weighted by Crippen LogP contribution is -2.51. The van der Waals surface area contributed by atoms with Crippen molar-refractivity contribution in [2.45, 2.75) is 24.1 Å². The molecule has 0 fully saturated rings. The summed E-state index contributed by atoms with van der Waals surface area (Å²) in [5.41, 5.74) is 3.07. The van der Waals surface area contributed by atoms with E-state index in [9.17, 15) is 13.6 Å². The van der Waals surface area contributed by atoms with Crippen molar-refractivity contribution >= 4 is 17.5 Å². The van der Waals surface area contributed by atoms with Crippen LogP contribution in [0.2, 0.25) is 0 Å². The Morgan fingerprint density at radius 3 is 2.19 bits per heavy atom. The Kier molecular flexibility index (Phi) is 3.53. The summed E-state index contributed by atoms with van der Waals surface area (Å²) in [6, 6.07) is 7.63. The van der Waals surface area contributed by atoms with Gasteiger partial charge in [0, 0.05) is 0 Å². The van der Waals surface area contributed by atoms with Crippen LogP contribution in [0, 0.1) is 0 Å². The zero-order valence-corrected chi connectivity index (χ0v) is 9.47. The van der Waals surface area contributed by atoms with E-state index in [4.69, 9.17) is 17.3 Å². The normalized spacial score (nSPS) is 15.5. The first-order chi connectivity index (χ1) is 7.36. The Morgan fingerprint density at radius 2 is 1.88 bits per heavy atom. The third-order valence-corrected chi connectivity index (χ3v) is 3.02. The molecule has 5 heteroatoms. The predicted octanol–water partition coefficient (Wildman–Crippen LogP) is 2.65. The Balaban J connectivity index is 3.42. The lowest BCUT2D eigenvalue weighted by atomic mass is 9.77. The molecule has 0 spiro atoms. The third kappa shape index (κ3) is 1.89. The monoisotopic (exact) mass is 247 g/mol. The average molecular weight is 248 g/mol. The molecule has 1 unspecified atom stereocenters. The molecule has 0 saturated carbocycles. The summed E-state index contributed by atoms with van der Waals surface area (Å²) in [6.07, 6.45) is -0.164. The molecule has 88 valence electrons. The largest absolute Gasteiger partial charge is 0.369 e. The van der Waals surface area contributed by atoms with Gasteiger partial charge in [0.1, 0.15) is 0 Å². The van der Waals surface area contributed by atoms with Gasteiger partial charge in [-0.15, -0.1) is 0 Å². The summed E-state index contributed by atoms with van der Waals surface area (Å²) >= 11 is 5.05. The quantitative estimate of drug-likeness (QED) is 0.817. The standard InChI is InChI=1S/C11H12ClF2NO/c1-2-10(9(15)16,11(12,13)14)8-6-4-3-5-7-8/h3-7H,2H2,1H3,(H2,15,16). The highest BCUT2D eigenvalue weighted by Crippen LogP contribution is 2.45. The summed E-state index contributed by atoms with van der Waals surface area (Å²) in [6.45, 7) is 1.45. The van der Waals surface area contributed by atoms with Crippen molar-refractivity contribution in [1.29, 1.82) is 0 Å². The molecule has 1 aromatic rings. The van der Waals surface area contributed by atoms with Crippen LogP contribution in [0.15, 0.2) is 30.3 Å². The maximum atomic E-state index is 13.4. The smallest absolute Gasteiger partial charge is 0.339 e. The fraction of sp³-hybridized carbons (Fsp3) is 0.364. The fourth-order valence-corrected chi connectivity index (χ4v) is 2.08. The average Bonchev–Trinajstić information content (AvgIpc) is 2.18. The zero-order chi connectivity index (χ0) is 12.4. The van der Waals surface area contributed by atoms with Gasteiger partial charge in [-0.25, -0.2) is 0 Å². The predicted molar refractivity (Wildman–Crippen MR) is 58.4 cm³/mol. The summed E-state index contributed by atoms with van der Waals surface area (Å²) < 4.78 is 26.9. The summed E-state index contributed by atoms with van der Waals surface area (Å²) in [4.78, 5) is 11.4. The molecule has 0 aliphatic rings. The van der Waals surface area contributed by atoms with Gasteiger partial charge in [-0.3, -0.25) is 4.79 Å². The van der Waals surface area contributed by atoms with Crippen molar-refractivity contribution in [2.24, 2.45) is 5.73 Å². The molecule has 0 saturated heterocycles. The number of rotatable bonds is 4. The van der Waals surface area contributed by atoms with E-state index in [1.54, 1.807) is 18.2 Å². The number of primary amides is 1. The van der Waals surface area contributed by atoms with Crippen molar-refractivity contribution < 1.29 is 13.6 Å². The number of hydrogen-bond acceptors (Lipinski definition) is 1. The van der Waals surface area contributed by atoms with Crippen molar-refractivity contribution in [2.75, 3.05) is 0 Å². The maximum Gasteiger partial charge on any atom is 0.339 e. The van der Waals surface area contributed by atoms with Crippen molar-refractivity contribution in [1.82, 2.24) is 0 Å². The fourth-order valence-electron chi connectivity index (χ4n) is 1.75. The second kappa shape index (κ2) is 4.37. The lowest BCUT2D eigenvalue weighted by molar-refractivity contribution is -0.132. The van der Waals surface area contributed by atoms with E-state index in [-0.39, 0.29) is 12.0 Å². The second-order valence-corrected chi connectivity index (χ2v) is 3.96.